The Kier molecular flexibility index (Phi) is 1.43. The first kappa shape index (κ1) is 6.56. The van der Waals surface area contributed by atoms with E-state index in [0.29, 0.717) is 18.5 Å². The van der Waals surface area contributed by atoms with Gasteiger partial charge in [0.25, 0.3) is 0 Å². The molecule has 2 unspecified atom stereocenters. The Morgan fingerprint density at radius 3 is 3.20 bits per heavy atom. The molecular formula is C6H11N2OP. The van der Waals surface area contributed by atoms with E-state index in [0.717, 1.165) is 13.0 Å². The van der Waals surface area contributed by atoms with Gasteiger partial charge in [0, 0.05) is 25.0 Å². The molecule has 0 aromatic carbocycles. The van der Waals surface area contributed by atoms with Gasteiger partial charge in [0.15, 0.2) is 0 Å². The van der Waals surface area contributed by atoms with Crippen LogP contribution in [0.15, 0.2) is 0 Å². The van der Waals surface area contributed by atoms with Gasteiger partial charge >= 0.3 is 0 Å². The highest BCUT2D eigenvalue weighted by atomic mass is 31.0. The molecule has 0 radical (unpaired) electrons. The van der Waals surface area contributed by atoms with Crippen LogP contribution in [0.4, 0.5) is 0 Å². The maximum atomic E-state index is 10.9. The Balaban J connectivity index is 2.12. The highest BCUT2D eigenvalue weighted by molar-refractivity contribution is 7.13. The molecule has 1 amide bonds. The van der Waals surface area contributed by atoms with Crippen molar-refractivity contribution in [2.24, 2.45) is 0 Å². The van der Waals surface area contributed by atoms with Crippen LogP contribution in [-0.4, -0.2) is 29.2 Å². The molecule has 0 aliphatic carbocycles. The number of nitrogens with zero attached hydrogens (tertiary/aromatic N) is 1. The number of amides is 1. The van der Waals surface area contributed by atoms with Gasteiger partial charge in [-0.25, -0.2) is 0 Å². The predicted molar refractivity (Wildman–Crippen MR) is 41.4 cm³/mol. The number of carbonyl (C=O) groups is 1. The molecule has 0 bridgehead atoms. The molecule has 2 heterocycles. The van der Waals surface area contributed by atoms with Crippen LogP contribution >= 0.6 is 9.39 Å². The van der Waals surface area contributed by atoms with E-state index in [1.807, 2.05) is 0 Å². The third-order valence-electron chi connectivity index (χ3n) is 2.33. The minimum Gasteiger partial charge on any atom is -0.352 e. The number of carbonyl (C=O) groups excluding carboxylic acids is 1. The summed E-state index contributed by atoms with van der Waals surface area (Å²) in [5.74, 6) is 0.210. The van der Waals surface area contributed by atoms with E-state index in [-0.39, 0.29) is 5.91 Å². The van der Waals surface area contributed by atoms with Gasteiger partial charge in [-0.2, -0.15) is 0 Å². The Hall–Kier alpha value is -0.140. The lowest BCUT2D eigenvalue weighted by Gasteiger charge is -2.14. The molecule has 1 N–H and O–H groups in total. The van der Waals surface area contributed by atoms with Gasteiger partial charge < -0.3 is 5.32 Å². The largest absolute Gasteiger partial charge is 0.352 e. The van der Waals surface area contributed by atoms with Crippen molar-refractivity contribution in [2.45, 2.75) is 24.9 Å². The smallest absolute Gasteiger partial charge is 0.221 e. The molecule has 2 saturated heterocycles. The molecule has 2 aliphatic heterocycles. The minimum atomic E-state index is 0.210. The lowest BCUT2D eigenvalue weighted by atomic mass is 10.1. The van der Waals surface area contributed by atoms with Gasteiger partial charge in [-0.1, -0.05) is 9.39 Å². The van der Waals surface area contributed by atoms with Crippen molar-refractivity contribution in [1.82, 2.24) is 9.99 Å². The summed E-state index contributed by atoms with van der Waals surface area (Å²) in [6.45, 7) is 1.10. The Bertz CT molecular complexity index is 173. The number of hydrogen-bond donors (Lipinski definition) is 1. The molecule has 2 rings (SSSR count). The molecule has 56 valence electrons. The SMILES string of the molecule is O=C1C[C@@H]2C(CCN2P)N1. The van der Waals surface area contributed by atoms with E-state index in [1.54, 1.807) is 0 Å². The summed E-state index contributed by atoms with van der Waals surface area (Å²) in [5, 5.41) is 2.95. The van der Waals surface area contributed by atoms with E-state index >= 15 is 0 Å². The van der Waals surface area contributed by atoms with Crippen molar-refractivity contribution in [1.29, 1.82) is 0 Å². The van der Waals surface area contributed by atoms with Crippen LogP contribution in [0.1, 0.15) is 12.8 Å². The lowest BCUT2D eigenvalue weighted by Crippen LogP contribution is -2.29. The van der Waals surface area contributed by atoms with Crippen LogP contribution in [-0.2, 0) is 4.79 Å². The molecule has 0 aromatic heterocycles. The van der Waals surface area contributed by atoms with Gasteiger partial charge in [0.2, 0.25) is 5.91 Å². The first-order valence-electron chi connectivity index (χ1n) is 3.58. The van der Waals surface area contributed by atoms with E-state index in [2.05, 4.69) is 19.4 Å². The van der Waals surface area contributed by atoms with Crippen molar-refractivity contribution >= 4 is 15.3 Å². The normalized spacial score (nSPS) is 39.9. The van der Waals surface area contributed by atoms with Crippen molar-refractivity contribution in [2.75, 3.05) is 6.54 Å². The van der Waals surface area contributed by atoms with E-state index in [9.17, 15) is 4.79 Å². The Morgan fingerprint density at radius 1 is 1.70 bits per heavy atom. The second kappa shape index (κ2) is 2.18. The maximum Gasteiger partial charge on any atom is 0.221 e. The average Bonchev–Trinajstić information content (AvgIpc) is 2.35. The zero-order chi connectivity index (χ0) is 7.14. The summed E-state index contributed by atoms with van der Waals surface area (Å²) in [5.41, 5.74) is 0. The number of hydrogen-bond acceptors (Lipinski definition) is 2. The highest BCUT2D eigenvalue weighted by Gasteiger charge is 2.39. The Labute approximate surface area is 62.4 Å². The summed E-state index contributed by atoms with van der Waals surface area (Å²) in [4.78, 5) is 10.9. The average molecular weight is 158 g/mol. The fourth-order valence-electron chi connectivity index (χ4n) is 1.76. The fourth-order valence-corrected chi connectivity index (χ4v) is 2.22. The van der Waals surface area contributed by atoms with Crippen LogP contribution in [0.25, 0.3) is 0 Å². The monoisotopic (exact) mass is 158 g/mol. The molecule has 0 spiro atoms. The minimum absolute atomic E-state index is 0.210. The molecule has 2 aliphatic rings. The second-order valence-electron chi connectivity index (χ2n) is 2.97. The van der Waals surface area contributed by atoms with Gasteiger partial charge in [0.1, 0.15) is 0 Å². The van der Waals surface area contributed by atoms with Crippen molar-refractivity contribution in [3.05, 3.63) is 0 Å². The molecule has 3 atom stereocenters. The van der Waals surface area contributed by atoms with Crippen molar-refractivity contribution in [3.8, 4) is 0 Å². The quantitative estimate of drug-likeness (QED) is 0.492. The number of nitrogens with one attached hydrogen (secondary N) is 1. The lowest BCUT2D eigenvalue weighted by molar-refractivity contribution is -0.119. The third-order valence-corrected chi connectivity index (χ3v) is 2.97. The maximum absolute atomic E-state index is 10.9. The molecule has 0 saturated carbocycles. The van der Waals surface area contributed by atoms with Crippen LogP contribution in [0.2, 0.25) is 0 Å². The zero-order valence-electron chi connectivity index (χ0n) is 5.71. The van der Waals surface area contributed by atoms with Gasteiger partial charge in [-0.05, 0) is 6.42 Å². The number of rotatable bonds is 0. The summed E-state index contributed by atoms with van der Waals surface area (Å²) >= 11 is 0. The van der Waals surface area contributed by atoms with E-state index in [1.165, 1.54) is 0 Å². The standard InChI is InChI=1S/C6H11N2OP/c9-6-3-5-4(7-6)1-2-8(5)10/h4-5H,1-3,10H2,(H,7,9)/t4?,5-/m1/s1. The third kappa shape index (κ3) is 0.850. The molecule has 3 nitrogen and oxygen atoms in total. The molecule has 0 aromatic rings. The molecule has 10 heavy (non-hydrogen) atoms. The van der Waals surface area contributed by atoms with Crippen LogP contribution < -0.4 is 5.32 Å². The predicted octanol–water partition coefficient (Wildman–Crippen LogP) is -0.261. The van der Waals surface area contributed by atoms with E-state index < -0.39 is 0 Å². The van der Waals surface area contributed by atoms with Crippen LogP contribution in [0.5, 0.6) is 0 Å². The summed E-state index contributed by atoms with van der Waals surface area (Å²) in [6, 6.07) is 0.891. The zero-order valence-corrected chi connectivity index (χ0v) is 6.86. The first-order valence-corrected chi connectivity index (χ1v) is 4.10. The van der Waals surface area contributed by atoms with Crippen molar-refractivity contribution in [3.63, 3.8) is 0 Å². The molecular weight excluding hydrogens is 147 g/mol. The van der Waals surface area contributed by atoms with Gasteiger partial charge in [-0.15, -0.1) is 0 Å². The molecule has 2 fully saturated rings. The fraction of sp³-hybridized carbons (Fsp3) is 0.833. The second-order valence-corrected chi connectivity index (χ2v) is 3.64. The summed E-state index contributed by atoms with van der Waals surface area (Å²) in [6.07, 6.45) is 1.80. The van der Waals surface area contributed by atoms with Crippen LogP contribution in [0, 0.1) is 0 Å². The van der Waals surface area contributed by atoms with E-state index in [4.69, 9.17) is 0 Å². The first-order chi connectivity index (χ1) is 4.77. The Morgan fingerprint density at radius 2 is 2.50 bits per heavy atom. The van der Waals surface area contributed by atoms with Gasteiger partial charge in [0.05, 0.1) is 0 Å². The number of fused-ring (bicyclic) bond motifs is 1. The van der Waals surface area contributed by atoms with Crippen molar-refractivity contribution < 1.29 is 4.79 Å². The highest BCUT2D eigenvalue weighted by Crippen LogP contribution is 2.27. The topological polar surface area (TPSA) is 32.3 Å². The summed E-state index contributed by atoms with van der Waals surface area (Å²) in [7, 11) is 2.68. The molecule has 4 heteroatoms. The van der Waals surface area contributed by atoms with Gasteiger partial charge in [-0.3, -0.25) is 9.46 Å². The summed E-state index contributed by atoms with van der Waals surface area (Å²) < 4.78 is 2.18. The van der Waals surface area contributed by atoms with Crippen LogP contribution in [0.3, 0.4) is 0 Å².